The lowest BCUT2D eigenvalue weighted by Gasteiger charge is -2.34. The molecule has 1 amide bonds. The number of carbonyl (C=O) groups is 1. The van der Waals surface area contributed by atoms with Gasteiger partial charge in [0.1, 0.15) is 0 Å². The summed E-state index contributed by atoms with van der Waals surface area (Å²) in [6.45, 7) is 2.65. The van der Waals surface area contributed by atoms with E-state index < -0.39 is 27.6 Å². The van der Waals surface area contributed by atoms with E-state index in [-0.39, 0.29) is 5.69 Å². The van der Waals surface area contributed by atoms with Crippen LogP contribution in [0.15, 0.2) is 77.7 Å². The fourth-order valence-corrected chi connectivity index (χ4v) is 5.11. The summed E-state index contributed by atoms with van der Waals surface area (Å²) in [7, 11) is -3.49. The SMILES string of the molecule is O=C(Nc1ccc(F)c(F)c1)c1ccc(CN2CCN(S(=O)(=O)c3ccccc3)CC2)cc1. The van der Waals surface area contributed by atoms with Crippen LogP contribution in [0.2, 0.25) is 0 Å². The quantitative estimate of drug-likeness (QED) is 0.595. The van der Waals surface area contributed by atoms with Gasteiger partial charge in [-0.15, -0.1) is 0 Å². The molecule has 33 heavy (non-hydrogen) atoms. The van der Waals surface area contributed by atoms with Gasteiger partial charge in [-0.1, -0.05) is 30.3 Å². The minimum absolute atomic E-state index is 0.173. The second-order valence-electron chi connectivity index (χ2n) is 7.77. The lowest BCUT2D eigenvalue weighted by Crippen LogP contribution is -2.48. The first kappa shape index (κ1) is 23.0. The molecule has 1 saturated heterocycles. The van der Waals surface area contributed by atoms with Gasteiger partial charge in [0, 0.05) is 50.0 Å². The van der Waals surface area contributed by atoms with Gasteiger partial charge < -0.3 is 5.32 Å². The molecule has 0 bridgehead atoms. The van der Waals surface area contributed by atoms with Crippen molar-refractivity contribution < 1.29 is 22.0 Å². The second-order valence-corrected chi connectivity index (χ2v) is 9.71. The van der Waals surface area contributed by atoms with E-state index in [1.54, 1.807) is 42.5 Å². The number of nitrogens with one attached hydrogen (secondary N) is 1. The Bertz CT molecular complexity index is 1230. The summed E-state index contributed by atoms with van der Waals surface area (Å²) in [4.78, 5) is 14.8. The second kappa shape index (κ2) is 9.78. The number of carbonyl (C=O) groups excluding carboxylic acids is 1. The van der Waals surface area contributed by atoms with Crippen molar-refractivity contribution in [3.05, 3.63) is 95.6 Å². The molecule has 1 heterocycles. The molecule has 0 saturated carbocycles. The van der Waals surface area contributed by atoms with Crippen molar-refractivity contribution in [3.63, 3.8) is 0 Å². The maximum absolute atomic E-state index is 13.3. The van der Waals surface area contributed by atoms with Crippen molar-refractivity contribution in [2.75, 3.05) is 31.5 Å². The average Bonchev–Trinajstić information content (AvgIpc) is 2.83. The first-order valence-corrected chi connectivity index (χ1v) is 11.9. The molecular weight excluding hydrogens is 448 g/mol. The van der Waals surface area contributed by atoms with E-state index in [1.807, 2.05) is 12.1 Å². The van der Waals surface area contributed by atoms with Gasteiger partial charge in [0.25, 0.3) is 5.91 Å². The van der Waals surface area contributed by atoms with Gasteiger partial charge in [0.05, 0.1) is 4.90 Å². The molecule has 4 rings (SSSR count). The summed E-state index contributed by atoms with van der Waals surface area (Å²) < 4.78 is 53.4. The number of amides is 1. The van der Waals surface area contributed by atoms with Crippen molar-refractivity contribution in [3.8, 4) is 0 Å². The predicted octanol–water partition coefficient (Wildman–Crippen LogP) is 3.72. The van der Waals surface area contributed by atoms with Gasteiger partial charge in [-0.2, -0.15) is 4.31 Å². The topological polar surface area (TPSA) is 69.7 Å². The highest BCUT2D eigenvalue weighted by molar-refractivity contribution is 7.89. The third-order valence-corrected chi connectivity index (χ3v) is 7.42. The summed E-state index contributed by atoms with van der Waals surface area (Å²) in [5.74, 6) is -2.43. The number of hydrogen-bond acceptors (Lipinski definition) is 4. The zero-order chi connectivity index (χ0) is 23.4. The van der Waals surface area contributed by atoms with E-state index in [0.29, 0.717) is 43.2 Å². The monoisotopic (exact) mass is 471 g/mol. The normalized spacial score (nSPS) is 15.3. The van der Waals surface area contributed by atoms with Gasteiger partial charge in [0.15, 0.2) is 11.6 Å². The van der Waals surface area contributed by atoms with Crippen molar-refractivity contribution >= 4 is 21.6 Å². The number of nitrogens with zero attached hydrogens (tertiary/aromatic N) is 2. The Morgan fingerprint density at radius 1 is 0.848 bits per heavy atom. The minimum atomic E-state index is -3.49. The largest absolute Gasteiger partial charge is 0.322 e. The molecule has 0 atom stereocenters. The Labute approximate surface area is 191 Å². The molecule has 0 spiro atoms. The molecule has 9 heteroatoms. The van der Waals surface area contributed by atoms with Gasteiger partial charge in [-0.3, -0.25) is 9.69 Å². The molecule has 1 aliphatic heterocycles. The van der Waals surface area contributed by atoms with Crippen LogP contribution in [0.3, 0.4) is 0 Å². The molecule has 6 nitrogen and oxygen atoms in total. The number of benzene rings is 3. The molecule has 1 fully saturated rings. The van der Waals surface area contributed by atoms with Crippen LogP contribution in [0.5, 0.6) is 0 Å². The third-order valence-electron chi connectivity index (χ3n) is 5.51. The Balaban J connectivity index is 1.31. The summed E-state index contributed by atoms with van der Waals surface area (Å²) in [6.07, 6.45) is 0. The molecule has 0 aromatic heterocycles. The smallest absolute Gasteiger partial charge is 0.255 e. The molecule has 0 radical (unpaired) electrons. The van der Waals surface area contributed by atoms with E-state index in [2.05, 4.69) is 10.2 Å². The molecule has 172 valence electrons. The highest BCUT2D eigenvalue weighted by Crippen LogP contribution is 2.19. The summed E-state index contributed by atoms with van der Waals surface area (Å²) in [5, 5.41) is 2.54. The summed E-state index contributed by atoms with van der Waals surface area (Å²) >= 11 is 0. The molecule has 3 aromatic rings. The zero-order valence-electron chi connectivity index (χ0n) is 17.7. The molecule has 3 aromatic carbocycles. The van der Waals surface area contributed by atoms with Gasteiger partial charge in [-0.25, -0.2) is 17.2 Å². The van der Waals surface area contributed by atoms with Crippen molar-refractivity contribution in [1.82, 2.24) is 9.21 Å². The summed E-state index contributed by atoms with van der Waals surface area (Å²) in [5.41, 5.74) is 1.55. The lowest BCUT2D eigenvalue weighted by atomic mass is 10.1. The van der Waals surface area contributed by atoms with Crippen LogP contribution in [0.25, 0.3) is 0 Å². The fourth-order valence-electron chi connectivity index (χ4n) is 3.67. The average molecular weight is 472 g/mol. The van der Waals surface area contributed by atoms with Crippen molar-refractivity contribution in [1.29, 1.82) is 0 Å². The highest BCUT2D eigenvalue weighted by Gasteiger charge is 2.28. The number of halogens is 2. The van der Waals surface area contributed by atoms with Crippen LogP contribution in [0.4, 0.5) is 14.5 Å². The Hall–Kier alpha value is -3.14. The fraction of sp³-hybridized carbons (Fsp3) is 0.208. The van der Waals surface area contributed by atoms with E-state index >= 15 is 0 Å². The van der Waals surface area contributed by atoms with Crippen LogP contribution in [0.1, 0.15) is 15.9 Å². The van der Waals surface area contributed by atoms with Crippen molar-refractivity contribution in [2.24, 2.45) is 0 Å². The maximum Gasteiger partial charge on any atom is 0.255 e. The standard InChI is InChI=1S/C24H23F2N3O3S/c25-22-11-10-20(16-23(22)26)27-24(30)19-8-6-18(7-9-19)17-28-12-14-29(15-13-28)33(31,32)21-4-2-1-3-5-21/h1-11,16H,12-15,17H2,(H,27,30). The highest BCUT2D eigenvalue weighted by atomic mass is 32.2. The summed E-state index contributed by atoms with van der Waals surface area (Å²) in [6, 6.07) is 18.6. The Kier molecular flexibility index (Phi) is 6.83. The van der Waals surface area contributed by atoms with Crippen LogP contribution in [-0.2, 0) is 16.6 Å². The zero-order valence-corrected chi connectivity index (χ0v) is 18.6. The number of sulfonamides is 1. The number of anilines is 1. The number of hydrogen-bond donors (Lipinski definition) is 1. The first-order valence-electron chi connectivity index (χ1n) is 10.5. The van der Waals surface area contributed by atoms with Crippen LogP contribution in [0, 0.1) is 11.6 Å². The number of piperazine rings is 1. The molecular formula is C24H23F2N3O3S. The Morgan fingerprint density at radius 3 is 2.15 bits per heavy atom. The minimum Gasteiger partial charge on any atom is -0.322 e. The third kappa shape index (κ3) is 5.44. The van der Waals surface area contributed by atoms with Gasteiger partial charge in [0.2, 0.25) is 10.0 Å². The van der Waals surface area contributed by atoms with Crippen molar-refractivity contribution in [2.45, 2.75) is 11.4 Å². The molecule has 0 unspecified atom stereocenters. The van der Waals surface area contributed by atoms with E-state index in [9.17, 15) is 22.0 Å². The first-order chi connectivity index (χ1) is 15.8. The van der Waals surface area contributed by atoms with Crippen LogP contribution in [-0.4, -0.2) is 49.7 Å². The number of rotatable bonds is 6. The van der Waals surface area contributed by atoms with E-state index in [0.717, 1.165) is 17.7 Å². The predicted molar refractivity (Wildman–Crippen MR) is 121 cm³/mol. The van der Waals surface area contributed by atoms with Gasteiger partial charge >= 0.3 is 0 Å². The Morgan fingerprint density at radius 2 is 1.52 bits per heavy atom. The molecule has 1 aliphatic rings. The molecule has 1 N–H and O–H groups in total. The van der Waals surface area contributed by atoms with Crippen LogP contribution >= 0.6 is 0 Å². The van der Waals surface area contributed by atoms with Gasteiger partial charge in [-0.05, 0) is 42.0 Å². The maximum atomic E-state index is 13.3. The van der Waals surface area contributed by atoms with E-state index in [4.69, 9.17) is 0 Å². The van der Waals surface area contributed by atoms with Crippen LogP contribution < -0.4 is 5.32 Å². The van der Waals surface area contributed by atoms with E-state index in [1.165, 1.54) is 10.4 Å². The lowest BCUT2D eigenvalue weighted by molar-refractivity contribution is 0.102. The molecule has 0 aliphatic carbocycles.